The van der Waals surface area contributed by atoms with Gasteiger partial charge in [0.25, 0.3) is 0 Å². The Bertz CT molecular complexity index is 1200. The number of aromatic nitrogens is 1. The SMILES string of the molecule is C=C(NCC(Cc1c[nH]c2ccccc12)C(=O)O)S/C(=C(\C)c1ccc(O)c(Cl)c1)C(C)C. The zero-order valence-corrected chi connectivity index (χ0v) is 20.6. The van der Waals surface area contributed by atoms with Crippen molar-refractivity contribution in [3.05, 3.63) is 81.3 Å². The summed E-state index contributed by atoms with van der Waals surface area (Å²) in [6, 6.07) is 13.0. The molecular formula is C26H29ClN2O3S. The molecule has 0 bridgehead atoms. The quantitative estimate of drug-likeness (QED) is 0.259. The molecule has 0 aliphatic rings. The van der Waals surface area contributed by atoms with E-state index in [0.717, 1.165) is 32.5 Å². The lowest BCUT2D eigenvalue weighted by molar-refractivity contribution is -0.141. The molecule has 0 amide bonds. The highest BCUT2D eigenvalue weighted by atomic mass is 35.5. The van der Waals surface area contributed by atoms with Gasteiger partial charge in [0.2, 0.25) is 0 Å². The number of carbonyl (C=O) groups is 1. The number of carboxylic acid groups (broad SMARTS) is 1. The van der Waals surface area contributed by atoms with Crippen molar-refractivity contribution in [2.75, 3.05) is 6.54 Å². The maximum Gasteiger partial charge on any atom is 0.308 e. The molecule has 33 heavy (non-hydrogen) atoms. The van der Waals surface area contributed by atoms with Gasteiger partial charge in [0, 0.05) is 23.6 Å². The number of hydrogen-bond acceptors (Lipinski definition) is 4. The lowest BCUT2D eigenvalue weighted by Gasteiger charge is -2.20. The second kappa shape index (κ2) is 10.9. The second-order valence-electron chi connectivity index (χ2n) is 8.32. The highest BCUT2D eigenvalue weighted by Gasteiger charge is 2.21. The Balaban J connectivity index is 1.70. The number of phenolic OH excluding ortho intramolecular Hbond substituents is 1. The molecule has 0 spiro atoms. The number of halogens is 1. The number of fused-ring (bicyclic) bond motifs is 1. The number of phenols is 1. The number of H-pyrrole nitrogens is 1. The molecule has 174 valence electrons. The molecule has 1 unspecified atom stereocenters. The van der Waals surface area contributed by atoms with Crippen LogP contribution in [0.3, 0.4) is 0 Å². The number of hydrogen-bond donors (Lipinski definition) is 4. The Morgan fingerprint density at radius 3 is 2.64 bits per heavy atom. The Morgan fingerprint density at radius 1 is 1.24 bits per heavy atom. The number of allylic oxidation sites excluding steroid dienone is 2. The molecule has 1 atom stereocenters. The van der Waals surface area contributed by atoms with Crippen LogP contribution in [0.15, 0.2) is 65.2 Å². The fraction of sp³-hybridized carbons (Fsp3) is 0.269. The molecule has 2 aromatic carbocycles. The molecule has 7 heteroatoms. The Kier molecular flexibility index (Phi) is 8.16. The Labute approximate surface area is 203 Å². The fourth-order valence-corrected chi connectivity index (χ4v) is 4.84. The minimum absolute atomic E-state index is 0.0490. The van der Waals surface area contributed by atoms with E-state index in [9.17, 15) is 15.0 Å². The molecule has 5 nitrogen and oxygen atoms in total. The summed E-state index contributed by atoms with van der Waals surface area (Å²) in [6.07, 6.45) is 2.30. The van der Waals surface area contributed by atoms with Crippen LogP contribution >= 0.6 is 23.4 Å². The van der Waals surface area contributed by atoms with E-state index >= 15 is 0 Å². The lowest BCUT2D eigenvalue weighted by Crippen LogP contribution is -2.29. The largest absolute Gasteiger partial charge is 0.506 e. The smallest absolute Gasteiger partial charge is 0.308 e. The normalized spacial score (nSPS) is 13.1. The third-order valence-corrected chi connectivity index (χ3v) is 7.23. The van der Waals surface area contributed by atoms with Gasteiger partial charge >= 0.3 is 5.97 Å². The van der Waals surface area contributed by atoms with Crippen molar-refractivity contribution in [2.24, 2.45) is 11.8 Å². The van der Waals surface area contributed by atoms with Gasteiger partial charge < -0.3 is 20.5 Å². The van der Waals surface area contributed by atoms with Crippen molar-refractivity contribution in [3.8, 4) is 5.75 Å². The first kappa shape index (κ1) is 24.8. The van der Waals surface area contributed by atoms with Crippen molar-refractivity contribution in [3.63, 3.8) is 0 Å². The van der Waals surface area contributed by atoms with Gasteiger partial charge in [-0.1, -0.05) is 68.1 Å². The van der Waals surface area contributed by atoms with Crippen molar-refractivity contribution >= 4 is 45.8 Å². The number of aromatic hydroxyl groups is 1. The average Bonchev–Trinajstić information content (AvgIpc) is 3.18. The van der Waals surface area contributed by atoms with Crippen molar-refractivity contribution in [1.82, 2.24) is 10.3 Å². The fourth-order valence-electron chi connectivity index (χ4n) is 3.73. The summed E-state index contributed by atoms with van der Waals surface area (Å²) < 4.78 is 0. The molecule has 1 aromatic heterocycles. The van der Waals surface area contributed by atoms with Crippen molar-refractivity contribution < 1.29 is 15.0 Å². The molecule has 0 aliphatic carbocycles. The van der Waals surface area contributed by atoms with Gasteiger partial charge in [0.1, 0.15) is 5.75 Å². The molecule has 3 rings (SSSR count). The molecule has 0 radical (unpaired) electrons. The summed E-state index contributed by atoms with van der Waals surface area (Å²) in [5.41, 5.74) is 3.94. The van der Waals surface area contributed by atoms with E-state index < -0.39 is 11.9 Å². The van der Waals surface area contributed by atoms with Crippen LogP contribution in [0.5, 0.6) is 5.75 Å². The van der Waals surface area contributed by atoms with Crippen LogP contribution in [0, 0.1) is 11.8 Å². The number of benzene rings is 2. The molecule has 0 fully saturated rings. The van der Waals surface area contributed by atoms with E-state index in [4.69, 9.17) is 11.6 Å². The highest BCUT2D eigenvalue weighted by Crippen LogP contribution is 2.37. The van der Waals surface area contributed by atoms with E-state index in [-0.39, 0.29) is 18.2 Å². The number of thioether (sulfide) groups is 1. The third kappa shape index (κ3) is 6.15. The van der Waals surface area contributed by atoms with E-state index in [2.05, 4.69) is 30.7 Å². The summed E-state index contributed by atoms with van der Waals surface area (Å²) in [5.74, 6) is -1.17. The number of aromatic amines is 1. The summed E-state index contributed by atoms with van der Waals surface area (Å²) in [6.45, 7) is 10.6. The van der Waals surface area contributed by atoms with Crippen LogP contribution in [0.4, 0.5) is 0 Å². The predicted molar refractivity (Wildman–Crippen MR) is 138 cm³/mol. The monoisotopic (exact) mass is 484 g/mol. The molecule has 4 N–H and O–H groups in total. The number of nitrogens with one attached hydrogen (secondary N) is 2. The number of rotatable bonds is 10. The summed E-state index contributed by atoms with van der Waals surface area (Å²) in [5, 5.41) is 24.7. The topological polar surface area (TPSA) is 85.4 Å². The first-order valence-corrected chi connectivity index (χ1v) is 11.9. The van der Waals surface area contributed by atoms with Gasteiger partial charge in [-0.2, -0.15) is 0 Å². The Hall–Kier alpha value is -2.83. The molecule has 3 aromatic rings. The van der Waals surface area contributed by atoms with Crippen LogP contribution in [-0.2, 0) is 11.2 Å². The average molecular weight is 485 g/mol. The van der Waals surface area contributed by atoms with Gasteiger partial charge in [-0.3, -0.25) is 4.79 Å². The van der Waals surface area contributed by atoms with E-state index in [0.29, 0.717) is 16.5 Å². The first-order chi connectivity index (χ1) is 15.7. The van der Waals surface area contributed by atoms with Gasteiger partial charge in [-0.05, 0) is 59.1 Å². The van der Waals surface area contributed by atoms with Crippen molar-refractivity contribution in [1.29, 1.82) is 0 Å². The lowest BCUT2D eigenvalue weighted by atomic mass is 9.99. The van der Waals surface area contributed by atoms with Gasteiger partial charge in [0.05, 0.1) is 16.0 Å². The van der Waals surface area contributed by atoms with Gasteiger partial charge in [-0.25, -0.2) is 0 Å². The minimum Gasteiger partial charge on any atom is -0.506 e. The van der Waals surface area contributed by atoms with Crippen molar-refractivity contribution in [2.45, 2.75) is 27.2 Å². The van der Waals surface area contributed by atoms with Gasteiger partial charge in [-0.15, -0.1) is 0 Å². The predicted octanol–water partition coefficient (Wildman–Crippen LogP) is 6.65. The van der Waals surface area contributed by atoms with E-state index in [1.165, 1.54) is 11.8 Å². The molecule has 0 aliphatic heterocycles. The highest BCUT2D eigenvalue weighted by molar-refractivity contribution is 8.06. The third-order valence-electron chi connectivity index (χ3n) is 5.54. The zero-order chi connectivity index (χ0) is 24.1. The maximum absolute atomic E-state index is 11.9. The zero-order valence-electron chi connectivity index (χ0n) is 19.0. The van der Waals surface area contributed by atoms with Crippen LogP contribution < -0.4 is 5.32 Å². The van der Waals surface area contributed by atoms with Crippen LogP contribution in [-0.4, -0.2) is 27.7 Å². The molecule has 0 saturated carbocycles. The standard InChI is InChI=1S/C26H29ClN2O3S/c1-15(2)25(16(3)18-9-10-24(30)22(27)12-18)33-17(4)28-14-20(26(31)32)11-19-13-29-23-8-6-5-7-21(19)23/h5-10,12-13,15,20,28-30H,4,11,14H2,1-3H3,(H,31,32)/b25-16+. The maximum atomic E-state index is 11.9. The number of carboxylic acids is 1. The number of para-hydroxylation sites is 1. The number of aliphatic carboxylic acids is 1. The summed E-state index contributed by atoms with van der Waals surface area (Å²) in [7, 11) is 0. The molecule has 0 saturated heterocycles. The van der Waals surface area contributed by atoms with Crippen LogP contribution in [0.1, 0.15) is 31.9 Å². The summed E-state index contributed by atoms with van der Waals surface area (Å²) in [4.78, 5) is 16.2. The van der Waals surface area contributed by atoms with E-state index in [1.54, 1.807) is 12.1 Å². The van der Waals surface area contributed by atoms with Gasteiger partial charge in [0.15, 0.2) is 0 Å². The Morgan fingerprint density at radius 2 is 1.97 bits per heavy atom. The summed E-state index contributed by atoms with van der Waals surface area (Å²) >= 11 is 7.59. The van der Waals surface area contributed by atoms with E-state index in [1.807, 2.05) is 43.5 Å². The molecule has 1 heterocycles. The van der Waals surface area contributed by atoms with Crippen LogP contribution in [0.25, 0.3) is 16.5 Å². The minimum atomic E-state index is -0.847. The second-order valence-corrected chi connectivity index (χ2v) is 9.86. The van der Waals surface area contributed by atoms with Crippen LogP contribution in [0.2, 0.25) is 5.02 Å². The molecular weight excluding hydrogens is 456 g/mol. The first-order valence-electron chi connectivity index (χ1n) is 10.8.